The first-order chi connectivity index (χ1) is 4.84. The molecule has 0 aromatic heterocycles. The Kier molecular flexibility index (Phi) is 3.12. The van der Waals surface area contributed by atoms with Gasteiger partial charge >= 0.3 is 0 Å². The summed E-state index contributed by atoms with van der Waals surface area (Å²) in [5, 5.41) is 4.25. The number of ether oxygens (including phenoxy) is 1. The van der Waals surface area contributed by atoms with Crippen molar-refractivity contribution in [3.8, 4) is 0 Å². The summed E-state index contributed by atoms with van der Waals surface area (Å²) in [4.78, 5) is 2.30. The predicted octanol–water partition coefficient (Wildman–Crippen LogP) is -0.101. The fraction of sp³-hybridized carbons (Fsp3) is 1.00. The fourth-order valence-corrected chi connectivity index (χ4v) is 1.13. The minimum absolute atomic E-state index is 0.260. The van der Waals surface area contributed by atoms with Gasteiger partial charge in [0.2, 0.25) is 0 Å². The highest BCUT2D eigenvalue weighted by Crippen LogP contribution is 2.00. The molecule has 0 amide bonds. The lowest BCUT2D eigenvalue weighted by molar-refractivity contribution is -0.0247. The van der Waals surface area contributed by atoms with E-state index in [1.54, 1.807) is 7.11 Å². The molecule has 1 unspecified atom stereocenters. The molecule has 0 saturated carbocycles. The maximum atomic E-state index is 5.17. The highest BCUT2D eigenvalue weighted by atomic mass is 16.5. The van der Waals surface area contributed by atoms with Gasteiger partial charge in [-0.25, -0.2) is 5.32 Å². The molecule has 0 aromatic rings. The van der Waals surface area contributed by atoms with Crippen LogP contribution in [0.1, 0.15) is 6.92 Å². The summed E-state index contributed by atoms with van der Waals surface area (Å²) < 4.78 is 5.17. The minimum atomic E-state index is 0.260. The van der Waals surface area contributed by atoms with Crippen LogP contribution in [0.5, 0.6) is 0 Å². The Hall–Kier alpha value is -0.120. The number of piperazine rings is 1. The predicted molar refractivity (Wildman–Crippen MR) is 39.9 cm³/mol. The molecule has 0 spiro atoms. The molecule has 59 valence electrons. The van der Waals surface area contributed by atoms with Gasteiger partial charge in [-0.05, 0) is 6.92 Å². The molecule has 0 aromatic carbocycles. The molecule has 1 radical (unpaired) electrons. The van der Waals surface area contributed by atoms with E-state index in [-0.39, 0.29) is 6.23 Å². The van der Waals surface area contributed by atoms with Crippen molar-refractivity contribution in [3.05, 3.63) is 0 Å². The van der Waals surface area contributed by atoms with Crippen molar-refractivity contribution in [1.29, 1.82) is 0 Å². The summed E-state index contributed by atoms with van der Waals surface area (Å²) >= 11 is 0. The van der Waals surface area contributed by atoms with Gasteiger partial charge in [0.1, 0.15) is 6.23 Å². The lowest BCUT2D eigenvalue weighted by atomic mass is 10.3. The Balaban J connectivity index is 2.24. The summed E-state index contributed by atoms with van der Waals surface area (Å²) in [6, 6.07) is 0. The van der Waals surface area contributed by atoms with E-state index in [0.717, 1.165) is 26.2 Å². The van der Waals surface area contributed by atoms with Crippen molar-refractivity contribution < 1.29 is 4.74 Å². The second kappa shape index (κ2) is 3.91. The van der Waals surface area contributed by atoms with E-state index in [2.05, 4.69) is 17.1 Å². The maximum Gasteiger partial charge on any atom is 0.107 e. The van der Waals surface area contributed by atoms with Crippen LogP contribution in [0.2, 0.25) is 0 Å². The molecule has 0 N–H and O–H groups in total. The van der Waals surface area contributed by atoms with Crippen LogP contribution in [0.4, 0.5) is 0 Å². The van der Waals surface area contributed by atoms with Crippen molar-refractivity contribution in [2.24, 2.45) is 0 Å². The van der Waals surface area contributed by atoms with Gasteiger partial charge in [-0.15, -0.1) is 0 Å². The van der Waals surface area contributed by atoms with Crippen molar-refractivity contribution in [1.82, 2.24) is 10.2 Å². The van der Waals surface area contributed by atoms with E-state index >= 15 is 0 Å². The molecule has 0 aliphatic carbocycles. The number of rotatable bonds is 2. The highest BCUT2D eigenvalue weighted by Gasteiger charge is 2.15. The number of hydrogen-bond donors (Lipinski definition) is 0. The average Bonchev–Trinajstić information content (AvgIpc) is 2.05. The topological polar surface area (TPSA) is 26.6 Å². The van der Waals surface area contributed by atoms with Crippen LogP contribution in [0.3, 0.4) is 0 Å². The first kappa shape index (κ1) is 7.98. The van der Waals surface area contributed by atoms with Gasteiger partial charge in [-0.3, -0.25) is 4.90 Å². The van der Waals surface area contributed by atoms with Crippen LogP contribution >= 0.6 is 0 Å². The van der Waals surface area contributed by atoms with Crippen LogP contribution in [0.25, 0.3) is 0 Å². The van der Waals surface area contributed by atoms with Gasteiger partial charge in [0, 0.05) is 33.3 Å². The fourth-order valence-electron chi connectivity index (χ4n) is 1.13. The lowest BCUT2D eigenvalue weighted by Crippen LogP contribution is -2.45. The number of methoxy groups -OCH3 is 1. The van der Waals surface area contributed by atoms with E-state index in [1.165, 1.54) is 0 Å². The molecule has 1 heterocycles. The zero-order chi connectivity index (χ0) is 7.40. The summed E-state index contributed by atoms with van der Waals surface area (Å²) in [6.07, 6.45) is 0.260. The van der Waals surface area contributed by atoms with Crippen LogP contribution in [-0.2, 0) is 4.74 Å². The zero-order valence-corrected chi connectivity index (χ0v) is 6.71. The van der Waals surface area contributed by atoms with Crippen LogP contribution in [0.15, 0.2) is 0 Å². The Morgan fingerprint density at radius 1 is 1.40 bits per heavy atom. The highest BCUT2D eigenvalue weighted by molar-refractivity contribution is 4.67. The SMILES string of the molecule is COC(C)N1CC[N]CC1. The van der Waals surface area contributed by atoms with Crippen LogP contribution in [0, 0.1) is 0 Å². The van der Waals surface area contributed by atoms with Crippen molar-refractivity contribution in [3.63, 3.8) is 0 Å². The molecule has 10 heavy (non-hydrogen) atoms. The minimum Gasteiger partial charge on any atom is -0.367 e. The molecule has 0 bridgehead atoms. The van der Waals surface area contributed by atoms with Gasteiger partial charge in [-0.2, -0.15) is 0 Å². The van der Waals surface area contributed by atoms with Gasteiger partial charge in [0.15, 0.2) is 0 Å². The summed E-state index contributed by atoms with van der Waals surface area (Å²) in [5.74, 6) is 0. The Morgan fingerprint density at radius 3 is 2.50 bits per heavy atom. The monoisotopic (exact) mass is 143 g/mol. The van der Waals surface area contributed by atoms with Gasteiger partial charge in [-0.1, -0.05) is 0 Å². The molecule has 3 heteroatoms. The average molecular weight is 143 g/mol. The molecular weight excluding hydrogens is 128 g/mol. The van der Waals surface area contributed by atoms with Crippen molar-refractivity contribution in [2.75, 3.05) is 33.3 Å². The summed E-state index contributed by atoms with van der Waals surface area (Å²) in [6.45, 7) is 6.11. The number of nitrogens with zero attached hydrogens (tertiary/aromatic N) is 2. The summed E-state index contributed by atoms with van der Waals surface area (Å²) in [5.41, 5.74) is 0. The summed E-state index contributed by atoms with van der Waals surface area (Å²) in [7, 11) is 1.75. The second-order valence-corrected chi connectivity index (χ2v) is 2.54. The van der Waals surface area contributed by atoms with Gasteiger partial charge in [0.25, 0.3) is 0 Å². The molecule has 1 aliphatic heterocycles. The largest absolute Gasteiger partial charge is 0.367 e. The molecule has 1 atom stereocenters. The Bertz CT molecular complexity index is 91.6. The van der Waals surface area contributed by atoms with E-state index in [0.29, 0.717) is 0 Å². The van der Waals surface area contributed by atoms with Crippen molar-refractivity contribution >= 4 is 0 Å². The number of hydrogen-bond acceptors (Lipinski definition) is 2. The quantitative estimate of drug-likeness (QED) is 0.539. The van der Waals surface area contributed by atoms with Gasteiger partial charge in [0.05, 0.1) is 0 Å². The normalized spacial score (nSPS) is 24.6. The molecule has 1 saturated heterocycles. The molecule has 1 aliphatic rings. The Morgan fingerprint density at radius 2 is 2.00 bits per heavy atom. The van der Waals surface area contributed by atoms with E-state index in [4.69, 9.17) is 4.74 Å². The van der Waals surface area contributed by atoms with E-state index < -0.39 is 0 Å². The Labute approximate surface area is 62.3 Å². The third-order valence-electron chi connectivity index (χ3n) is 1.95. The first-order valence-corrected chi connectivity index (χ1v) is 3.74. The third-order valence-corrected chi connectivity index (χ3v) is 1.95. The maximum absolute atomic E-state index is 5.17. The second-order valence-electron chi connectivity index (χ2n) is 2.54. The smallest absolute Gasteiger partial charge is 0.107 e. The standard InChI is InChI=1S/C7H15N2O/c1-7(10-2)9-5-3-8-4-6-9/h7H,3-6H2,1-2H3. The first-order valence-electron chi connectivity index (χ1n) is 3.74. The third kappa shape index (κ3) is 1.94. The van der Waals surface area contributed by atoms with Crippen LogP contribution < -0.4 is 5.32 Å². The molecular formula is C7H15N2O. The van der Waals surface area contributed by atoms with Gasteiger partial charge < -0.3 is 4.74 Å². The lowest BCUT2D eigenvalue weighted by Gasteiger charge is -2.30. The zero-order valence-electron chi connectivity index (χ0n) is 6.71. The molecule has 3 nitrogen and oxygen atoms in total. The van der Waals surface area contributed by atoms with E-state index in [9.17, 15) is 0 Å². The molecule has 1 rings (SSSR count). The van der Waals surface area contributed by atoms with Crippen molar-refractivity contribution in [2.45, 2.75) is 13.2 Å². The molecule has 1 fully saturated rings. The van der Waals surface area contributed by atoms with Crippen LogP contribution in [-0.4, -0.2) is 44.4 Å². The van der Waals surface area contributed by atoms with E-state index in [1.807, 2.05) is 0 Å².